The molecule has 7 heteroatoms. The van der Waals surface area contributed by atoms with Crippen LogP contribution >= 0.6 is 24.0 Å². The molecule has 2 atom stereocenters. The Bertz CT molecular complexity index is 741. The number of benzene rings is 2. The minimum Gasteiger partial charge on any atom is -0.489 e. The molecule has 5 nitrogen and oxygen atoms in total. The Labute approximate surface area is 181 Å². The van der Waals surface area contributed by atoms with Gasteiger partial charge in [-0.3, -0.25) is 9.20 Å². The molecule has 0 aliphatic heterocycles. The quantitative estimate of drug-likeness (QED) is 0.331. The summed E-state index contributed by atoms with van der Waals surface area (Å²) in [5.74, 6) is 2.10. The van der Waals surface area contributed by atoms with Gasteiger partial charge in [-0.15, -0.1) is 24.0 Å². The predicted octanol–water partition coefficient (Wildman–Crippen LogP) is 3.35. The van der Waals surface area contributed by atoms with Gasteiger partial charge in [0.25, 0.3) is 0 Å². The Morgan fingerprint density at radius 2 is 1.78 bits per heavy atom. The van der Waals surface area contributed by atoms with E-state index < -0.39 is 10.8 Å². The molecule has 0 fully saturated rings. The number of halogens is 1. The fraction of sp³-hybridized carbons (Fsp3) is 0.350. The van der Waals surface area contributed by atoms with Gasteiger partial charge in [-0.1, -0.05) is 36.4 Å². The Morgan fingerprint density at radius 3 is 2.44 bits per heavy atom. The number of guanidine groups is 1. The van der Waals surface area contributed by atoms with E-state index in [9.17, 15) is 4.21 Å². The molecule has 27 heavy (non-hydrogen) atoms. The first kappa shape index (κ1) is 23.4. The molecular formula is C20H28IN3O2S. The number of nitrogens with one attached hydrogen (secondary N) is 2. The molecule has 0 saturated carbocycles. The lowest BCUT2D eigenvalue weighted by Gasteiger charge is -2.18. The van der Waals surface area contributed by atoms with Crippen molar-refractivity contribution in [3.05, 3.63) is 60.2 Å². The van der Waals surface area contributed by atoms with Crippen molar-refractivity contribution in [2.24, 2.45) is 4.99 Å². The van der Waals surface area contributed by atoms with Crippen molar-refractivity contribution < 1.29 is 8.95 Å². The van der Waals surface area contributed by atoms with Gasteiger partial charge in [-0.25, -0.2) is 0 Å². The first-order chi connectivity index (χ1) is 12.6. The second-order valence-corrected chi connectivity index (χ2v) is 7.51. The summed E-state index contributed by atoms with van der Waals surface area (Å²) in [7, 11) is 0.705. The van der Waals surface area contributed by atoms with E-state index in [2.05, 4.69) is 15.6 Å². The number of ether oxygens (including phenoxy) is 1. The van der Waals surface area contributed by atoms with Gasteiger partial charge < -0.3 is 15.4 Å². The number of aliphatic imine (C=N–C) groups is 1. The second kappa shape index (κ2) is 12.7. The average Bonchev–Trinajstić information content (AvgIpc) is 2.67. The first-order valence-electron chi connectivity index (χ1n) is 8.70. The first-order valence-corrected chi connectivity index (χ1v) is 10.0. The normalized spacial score (nSPS) is 13.2. The summed E-state index contributed by atoms with van der Waals surface area (Å²) in [5, 5.41) is 6.43. The molecule has 2 unspecified atom stereocenters. The third-order valence-corrected chi connectivity index (χ3v) is 5.16. The van der Waals surface area contributed by atoms with Gasteiger partial charge in [0.2, 0.25) is 0 Å². The summed E-state index contributed by atoms with van der Waals surface area (Å²) in [6.45, 7) is 5.24. The van der Waals surface area contributed by atoms with Crippen LogP contribution in [0.4, 0.5) is 0 Å². The van der Waals surface area contributed by atoms with Crippen LogP contribution in [0.1, 0.15) is 12.5 Å². The minimum absolute atomic E-state index is 0. The smallest absolute Gasteiger partial charge is 0.191 e. The van der Waals surface area contributed by atoms with Crippen LogP contribution in [0.15, 0.2) is 64.5 Å². The number of para-hydroxylation sites is 1. The number of nitrogens with zero attached hydrogens (tertiary/aromatic N) is 1. The zero-order chi connectivity index (χ0) is 18.8. The SMILES string of the molecule is CN=C(NCCS(=O)c1ccccc1)NCC(C)Oc1ccccc1C.I. The summed E-state index contributed by atoms with van der Waals surface area (Å²) in [6.07, 6.45) is -0.00639. The van der Waals surface area contributed by atoms with Crippen molar-refractivity contribution in [1.82, 2.24) is 10.6 Å². The maximum atomic E-state index is 12.2. The van der Waals surface area contributed by atoms with Crippen LogP contribution < -0.4 is 15.4 Å². The molecule has 2 N–H and O–H groups in total. The molecular weight excluding hydrogens is 473 g/mol. The van der Waals surface area contributed by atoms with E-state index in [1.807, 2.05) is 68.4 Å². The molecule has 0 saturated heterocycles. The van der Waals surface area contributed by atoms with Gasteiger partial charge >= 0.3 is 0 Å². The predicted molar refractivity (Wildman–Crippen MR) is 124 cm³/mol. The van der Waals surface area contributed by atoms with E-state index in [0.717, 1.165) is 16.2 Å². The van der Waals surface area contributed by atoms with Crippen LogP contribution in [0, 0.1) is 6.92 Å². The molecule has 0 aliphatic carbocycles. The van der Waals surface area contributed by atoms with Gasteiger partial charge in [0.05, 0.1) is 17.3 Å². The lowest BCUT2D eigenvalue weighted by atomic mass is 10.2. The monoisotopic (exact) mass is 501 g/mol. The molecule has 148 valence electrons. The Hall–Kier alpha value is -1.61. The summed E-state index contributed by atoms with van der Waals surface area (Å²) in [5.41, 5.74) is 1.12. The number of hydrogen-bond acceptors (Lipinski definition) is 3. The summed E-state index contributed by atoms with van der Waals surface area (Å²) in [6, 6.07) is 17.5. The zero-order valence-electron chi connectivity index (χ0n) is 16.0. The van der Waals surface area contributed by atoms with Crippen molar-refractivity contribution >= 4 is 40.7 Å². The lowest BCUT2D eigenvalue weighted by Crippen LogP contribution is -2.43. The van der Waals surface area contributed by atoms with Crippen LogP contribution in [0.5, 0.6) is 5.75 Å². The van der Waals surface area contributed by atoms with E-state index in [1.165, 1.54) is 0 Å². The van der Waals surface area contributed by atoms with Crippen molar-refractivity contribution in [3.63, 3.8) is 0 Å². The standard InChI is InChI=1S/C20H27N3O2S.HI/c1-16-9-7-8-12-19(16)25-17(2)15-23-20(21-3)22-13-14-26(24)18-10-5-4-6-11-18;/h4-12,17H,13-15H2,1-3H3,(H2,21,22,23);1H. The summed E-state index contributed by atoms with van der Waals surface area (Å²) < 4.78 is 18.2. The highest BCUT2D eigenvalue weighted by atomic mass is 127. The van der Waals surface area contributed by atoms with Gasteiger partial charge in [0, 0.05) is 24.2 Å². The van der Waals surface area contributed by atoms with Gasteiger partial charge in [-0.2, -0.15) is 0 Å². The molecule has 2 aromatic carbocycles. The largest absolute Gasteiger partial charge is 0.489 e. The molecule has 0 bridgehead atoms. The highest BCUT2D eigenvalue weighted by molar-refractivity contribution is 14.0. The maximum Gasteiger partial charge on any atom is 0.191 e. The van der Waals surface area contributed by atoms with Gasteiger partial charge in [-0.05, 0) is 37.6 Å². The van der Waals surface area contributed by atoms with E-state index in [4.69, 9.17) is 4.74 Å². The fourth-order valence-corrected chi connectivity index (χ4v) is 3.34. The van der Waals surface area contributed by atoms with Crippen LogP contribution in [0.3, 0.4) is 0 Å². The molecule has 0 aliphatic rings. The average molecular weight is 501 g/mol. The zero-order valence-corrected chi connectivity index (χ0v) is 19.1. The molecule has 0 amide bonds. The van der Waals surface area contributed by atoms with E-state index in [-0.39, 0.29) is 30.1 Å². The molecule has 0 aromatic heterocycles. The van der Waals surface area contributed by atoms with Crippen LogP contribution in [0.2, 0.25) is 0 Å². The van der Waals surface area contributed by atoms with Crippen molar-refractivity contribution in [2.75, 3.05) is 25.9 Å². The Morgan fingerprint density at radius 1 is 1.11 bits per heavy atom. The second-order valence-electron chi connectivity index (χ2n) is 5.94. The van der Waals surface area contributed by atoms with Crippen molar-refractivity contribution in [1.29, 1.82) is 0 Å². The summed E-state index contributed by atoms with van der Waals surface area (Å²) >= 11 is 0. The minimum atomic E-state index is -1.01. The van der Waals surface area contributed by atoms with Gasteiger partial charge in [0.15, 0.2) is 5.96 Å². The maximum absolute atomic E-state index is 12.2. The van der Waals surface area contributed by atoms with Crippen molar-refractivity contribution in [3.8, 4) is 5.75 Å². The van der Waals surface area contributed by atoms with E-state index in [1.54, 1.807) is 7.05 Å². The highest BCUT2D eigenvalue weighted by Crippen LogP contribution is 2.17. The molecule has 0 spiro atoms. The van der Waals surface area contributed by atoms with Crippen molar-refractivity contribution in [2.45, 2.75) is 24.8 Å². The number of hydrogen-bond donors (Lipinski definition) is 2. The Kier molecular flexibility index (Phi) is 11.0. The van der Waals surface area contributed by atoms with E-state index >= 15 is 0 Å². The van der Waals surface area contributed by atoms with Crippen LogP contribution in [-0.2, 0) is 10.8 Å². The molecule has 2 aromatic rings. The van der Waals surface area contributed by atoms with Crippen LogP contribution in [0.25, 0.3) is 0 Å². The molecule has 2 rings (SSSR count). The van der Waals surface area contributed by atoms with Crippen LogP contribution in [-0.4, -0.2) is 42.2 Å². The highest BCUT2D eigenvalue weighted by Gasteiger charge is 2.08. The third-order valence-electron chi connectivity index (χ3n) is 3.79. The summed E-state index contributed by atoms with van der Waals surface area (Å²) in [4.78, 5) is 5.04. The molecule has 0 radical (unpaired) electrons. The van der Waals surface area contributed by atoms with Gasteiger partial charge in [0.1, 0.15) is 11.9 Å². The third kappa shape index (κ3) is 8.30. The topological polar surface area (TPSA) is 62.7 Å². The lowest BCUT2D eigenvalue weighted by molar-refractivity contribution is 0.222. The van der Waals surface area contributed by atoms with E-state index in [0.29, 0.717) is 24.8 Å². The molecule has 0 heterocycles. The number of rotatable bonds is 8. The Balaban J connectivity index is 0.00000364. The number of aryl methyl sites for hydroxylation is 1. The fourth-order valence-electron chi connectivity index (χ4n) is 2.36.